The van der Waals surface area contributed by atoms with Crippen molar-refractivity contribution in [3.05, 3.63) is 32.8 Å². The van der Waals surface area contributed by atoms with Crippen molar-refractivity contribution in [3.8, 4) is 0 Å². The SMILES string of the molecule is CC(NCC(C)N(C)C)c1ccc(Cl)c(Cl)c1Cl. The standard InChI is InChI=1S/C13H19Cl3N2/c1-8(18(3)4)7-17-9(2)10-5-6-11(14)13(16)12(10)15/h5-6,8-9,17H,7H2,1-4H3. The molecule has 0 saturated carbocycles. The van der Waals surface area contributed by atoms with Gasteiger partial charge in [0.15, 0.2) is 0 Å². The zero-order valence-electron chi connectivity index (χ0n) is 11.1. The highest BCUT2D eigenvalue weighted by Crippen LogP contribution is 2.35. The molecular weight excluding hydrogens is 291 g/mol. The second kappa shape index (κ2) is 6.97. The van der Waals surface area contributed by atoms with Crippen LogP contribution >= 0.6 is 34.8 Å². The minimum Gasteiger partial charge on any atom is -0.309 e. The molecule has 0 heterocycles. The van der Waals surface area contributed by atoms with Gasteiger partial charge in [-0.2, -0.15) is 0 Å². The van der Waals surface area contributed by atoms with Gasteiger partial charge in [0.25, 0.3) is 0 Å². The molecule has 0 aromatic heterocycles. The smallest absolute Gasteiger partial charge is 0.0781 e. The zero-order valence-corrected chi connectivity index (χ0v) is 13.4. The van der Waals surface area contributed by atoms with Gasteiger partial charge in [0.05, 0.1) is 15.1 Å². The number of likely N-dealkylation sites (N-methyl/N-ethyl adjacent to an activating group) is 1. The number of hydrogen-bond donors (Lipinski definition) is 1. The Kier molecular flexibility index (Phi) is 6.22. The highest BCUT2D eigenvalue weighted by atomic mass is 35.5. The van der Waals surface area contributed by atoms with Crippen LogP contribution in [0.2, 0.25) is 15.1 Å². The number of benzene rings is 1. The molecule has 0 bridgehead atoms. The number of halogens is 3. The van der Waals surface area contributed by atoms with E-state index in [4.69, 9.17) is 34.8 Å². The van der Waals surface area contributed by atoms with Gasteiger partial charge < -0.3 is 10.2 Å². The quantitative estimate of drug-likeness (QED) is 0.818. The third-order valence-electron chi connectivity index (χ3n) is 3.13. The molecule has 0 aliphatic carbocycles. The van der Waals surface area contributed by atoms with Crippen molar-refractivity contribution < 1.29 is 0 Å². The largest absolute Gasteiger partial charge is 0.309 e. The maximum absolute atomic E-state index is 6.20. The molecule has 1 N–H and O–H groups in total. The van der Waals surface area contributed by atoms with Crippen LogP contribution in [0.15, 0.2) is 12.1 Å². The maximum Gasteiger partial charge on any atom is 0.0781 e. The van der Waals surface area contributed by atoms with Gasteiger partial charge in [0.2, 0.25) is 0 Å². The van der Waals surface area contributed by atoms with E-state index in [1.165, 1.54) is 0 Å². The number of hydrogen-bond acceptors (Lipinski definition) is 2. The van der Waals surface area contributed by atoms with Crippen LogP contribution in [0.3, 0.4) is 0 Å². The van der Waals surface area contributed by atoms with Crippen molar-refractivity contribution in [1.29, 1.82) is 0 Å². The minimum atomic E-state index is 0.134. The summed E-state index contributed by atoms with van der Waals surface area (Å²) < 4.78 is 0. The Hall–Kier alpha value is 0.01000. The summed E-state index contributed by atoms with van der Waals surface area (Å²) in [5.74, 6) is 0. The van der Waals surface area contributed by atoms with Crippen molar-refractivity contribution in [1.82, 2.24) is 10.2 Å². The van der Waals surface area contributed by atoms with Crippen LogP contribution in [0.5, 0.6) is 0 Å². The van der Waals surface area contributed by atoms with Gasteiger partial charge in [-0.1, -0.05) is 40.9 Å². The van der Waals surface area contributed by atoms with E-state index in [0.717, 1.165) is 12.1 Å². The van der Waals surface area contributed by atoms with Crippen LogP contribution in [0.25, 0.3) is 0 Å². The van der Waals surface area contributed by atoms with E-state index in [0.29, 0.717) is 21.1 Å². The lowest BCUT2D eigenvalue weighted by molar-refractivity contribution is 0.296. The Morgan fingerprint density at radius 1 is 1.11 bits per heavy atom. The molecule has 5 heteroatoms. The van der Waals surface area contributed by atoms with Gasteiger partial charge in [-0.25, -0.2) is 0 Å². The first-order valence-electron chi connectivity index (χ1n) is 5.87. The molecule has 102 valence electrons. The molecule has 0 saturated heterocycles. The third kappa shape index (κ3) is 4.01. The topological polar surface area (TPSA) is 15.3 Å². The molecule has 0 fully saturated rings. The van der Waals surface area contributed by atoms with Crippen molar-refractivity contribution in [2.24, 2.45) is 0 Å². The predicted octanol–water partition coefficient (Wildman–Crippen LogP) is 4.25. The first-order valence-corrected chi connectivity index (χ1v) is 7.01. The Labute approximate surface area is 124 Å². The van der Waals surface area contributed by atoms with Crippen molar-refractivity contribution >= 4 is 34.8 Å². The van der Waals surface area contributed by atoms with E-state index < -0.39 is 0 Å². The molecule has 1 aromatic rings. The summed E-state index contributed by atoms with van der Waals surface area (Å²) in [5, 5.41) is 4.88. The second-order valence-electron chi connectivity index (χ2n) is 4.71. The van der Waals surface area contributed by atoms with E-state index >= 15 is 0 Å². The summed E-state index contributed by atoms with van der Waals surface area (Å²) in [5.41, 5.74) is 0.969. The van der Waals surface area contributed by atoms with Gasteiger partial charge in [0, 0.05) is 18.6 Å². The molecule has 2 unspecified atom stereocenters. The molecule has 0 amide bonds. The Bertz CT molecular complexity index is 407. The molecule has 18 heavy (non-hydrogen) atoms. The fraction of sp³-hybridized carbons (Fsp3) is 0.538. The van der Waals surface area contributed by atoms with E-state index in [-0.39, 0.29) is 6.04 Å². The number of nitrogens with zero attached hydrogens (tertiary/aromatic N) is 1. The summed E-state index contributed by atoms with van der Waals surface area (Å²) in [6.45, 7) is 5.11. The Morgan fingerprint density at radius 3 is 2.28 bits per heavy atom. The van der Waals surface area contributed by atoms with E-state index in [2.05, 4.69) is 38.2 Å². The zero-order chi connectivity index (χ0) is 13.9. The lowest BCUT2D eigenvalue weighted by atomic mass is 10.1. The Morgan fingerprint density at radius 2 is 1.72 bits per heavy atom. The lowest BCUT2D eigenvalue weighted by Crippen LogP contribution is -2.36. The molecule has 2 nitrogen and oxygen atoms in total. The average Bonchev–Trinajstić information content (AvgIpc) is 2.32. The minimum absolute atomic E-state index is 0.134. The molecule has 0 aliphatic rings. The van der Waals surface area contributed by atoms with Crippen LogP contribution in [-0.2, 0) is 0 Å². The van der Waals surface area contributed by atoms with Crippen molar-refractivity contribution in [2.45, 2.75) is 25.9 Å². The molecule has 1 aromatic carbocycles. The monoisotopic (exact) mass is 308 g/mol. The molecule has 0 aliphatic heterocycles. The fourth-order valence-electron chi connectivity index (χ4n) is 1.52. The van der Waals surface area contributed by atoms with Crippen LogP contribution in [-0.4, -0.2) is 31.6 Å². The van der Waals surface area contributed by atoms with E-state index in [9.17, 15) is 0 Å². The van der Waals surface area contributed by atoms with E-state index in [1.54, 1.807) is 6.07 Å². The van der Waals surface area contributed by atoms with Crippen LogP contribution in [0.4, 0.5) is 0 Å². The molecule has 1 rings (SSSR count). The summed E-state index contributed by atoms with van der Waals surface area (Å²) >= 11 is 18.2. The number of rotatable bonds is 5. The molecule has 2 atom stereocenters. The summed E-state index contributed by atoms with van der Waals surface area (Å²) in [6, 6.07) is 4.27. The van der Waals surface area contributed by atoms with Gasteiger partial charge >= 0.3 is 0 Å². The van der Waals surface area contributed by atoms with E-state index in [1.807, 2.05) is 6.07 Å². The summed E-state index contributed by atoms with van der Waals surface area (Å²) in [4.78, 5) is 2.16. The normalized spacial score (nSPS) is 14.9. The van der Waals surface area contributed by atoms with Gasteiger partial charge in [-0.3, -0.25) is 0 Å². The lowest BCUT2D eigenvalue weighted by Gasteiger charge is -2.23. The van der Waals surface area contributed by atoms with Gasteiger partial charge in [0.1, 0.15) is 0 Å². The maximum atomic E-state index is 6.20. The van der Waals surface area contributed by atoms with Crippen LogP contribution < -0.4 is 5.32 Å². The molecule has 0 radical (unpaired) electrons. The van der Waals surface area contributed by atoms with Gasteiger partial charge in [-0.15, -0.1) is 0 Å². The molecule has 0 spiro atoms. The van der Waals surface area contributed by atoms with Crippen molar-refractivity contribution in [3.63, 3.8) is 0 Å². The van der Waals surface area contributed by atoms with Crippen LogP contribution in [0, 0.1) is 0 Å². The second-order valence-corrected chi connectivity index (χ2v) is 5.87. The van der Waals surface area contributed by atoms with Crippen LogP contribution in [0.1, 0.15) is 25.5 Å². The molecular formula is C13H19Cl3N2. The predicted molar refractivity (Wildman–Crippen MR) is 81.0 cm³/mol. The summed E-state index contributed by atoms with van der Waals surface area (Å²) in [6.07, 6.45) is 0. The Balaban J connectivity index is 2.73. The fourth-order valence-corrected chi connectivity index (χ4v) is 2.22. The highest BCUT2D eigenvalue weighted by molar-refractivity contribution is 6.48. The third-order valence-corrected chi connectivity index (χ3v) is 4.44. The average molecular weight is 310 g/mol. The van der Waals surface area contributed by atoms with Crippen molar-refractivity contribution in [2.75, 3.05) is 20.6 Å². The summed E-state index contributed by atoms with van der Waals surface area (Å²) in [7, 11) is 4.12. The van der Waals surface area contributed by atoms with Gasteiger partial charge in [-0.05, 0) is 39.6 Å². The first kappa shape index (κ1) is 16.1. The highest BCUT2D eigenvalue weighted by Gasteiger charge is 2.15. The first-order chi connectivity index (χ1) is 8.34. The number of nitrogens with one attached hydrogen (secondary N) is 1.